The van der Waals surface area contributed by atoms with Crippen molar-refractivity contribution in [2.45, 2.75) is 13.1 Å². The Balaban J connectivity index is 2.78. The molecule has 10 heteroatoms. The van der Waals surface area contributed by atoms with Crippen molar-refractivity contribution >= 4 is 21.7 Å². The largest absolute Gasteiger partial charge is 0.416 e. The summed E-state index contributed by atoms with van der Waals surface area (Å²) >= 11 is 0. The van der Waals surface area contributed by atoms with Gasteiger partial charge in [0, 0.05) is 19.6 Å². The Kier molecular flexibility index (Phi) is 5.78. The summed E-state index contributed by atoms with van der Waals surface area (Å²) in [6.07, 6.45) is -3.48. The monoisotopic (exact) mass is 326 g/mol. The Morgan fingerprint density at radius 3 is 2.19 bits per heavy atom. The van der Waals surface area contributed by atoms with Gasteiger partial charge in [-0.3, -0.25) is 0 Å². The number of pyridine rings is 1. The molecule has 0 radical (unpaired) electrons. The van der Waals surface area contributed by atoms with Gasteiger partial charge in [-0.1, -0.05) is 0 Å². The molecule has 0 aromatic carbocycles. The van der Waals surface area contributed by atoms with Gasteiger partial charge < -0.3 is 10.6 Å². The minimum absolute atomic E-state index is 0.0241. The highest BCUT2D eigenvalue weighted by molar-refractivity contribution is 7.88. The molecule has 0 aliphatic rings. The minimum Gasteiger partial charge on any atom is -0.370 e. The van der Waals surface area contributed by atoms with E-state index in [2.05, 4.69) is 20.3 Å². The van der Waals surface area contributed by atoms with Crippen molar-refractivity contribution < 1.29 is 21.6 Å². The maximum atomic E-state index is 12.8. The number of halogens is 3. The zero-order valence-electron chi connectivity index (χ0n) is 11.6. The van der Waals surface area contributed by atoms with Crippen LogP contribution in [0.25, 0.3) is 0 Å². The molecule has 1 aromatic rings. The van der Waals surface area contributed by atoms with E-state index >= 15 is 0 Å². The number of hydrogen-bond acceptors (Lipinski definition) is 5. The maximum Gasteiger partial charge on any atom is 0.416 e. The third-order valence-corrected chi connectivity index (χ3v) is 3.03. The SMILES string of the molecule is CCNc1cc(C(F)(F)F)cc(NCCNS(C)(=O)=O)n1. The first kappa shape index (κ1) is 17.5. The van der Waals surface area contributed by atoms with Crippen LogP contribution >= 0.6 is 0 Å². The van der Waals surface area contributed by atoms with E-state index in [9.17, 15) is 21.6 Å². The third-order valence-electron chi connectivity index (χ3n) is 2.31. The smallest absolute Gasteiger partial charge is 0.370 e. The van der Waals surface area contributed by atoms with Crippen molar-refractivity contribution in [2.24, 2.45) is 0 Å². The van der Waals surface area contributed by atoms with Crippen LogP contribution in [0.3, 0.4) is 0 Å². The molecule has 0 fully saturated rings. The maximum absolute atomic E-state index is 12.8. The highest BCUT2D eigenvalue weighted by Gasteiger charge is 2.31. The number of nitrogens with zero attached hydrogens (tertiary/aromatic N) is 1. The van der Waals surface area contributed by atoms with Crippen molar-refractivity contribution in [2.75, 3.05) is 36.5 Å². The Morgan fingerprint density at radius 2 is 1.71 bits per heavy atom. The standard InChI is InChI=1S/C11H17F3N4O2S/c1-3-15-9-6-8(11(12,13)14)7-10(18-9)16-4-5-17-21(2,19)20/h6-7,17H,3-5H2,1-2H3,(H2,15,16,18). The highest BCUT2D eigenvalue weighted by Crippen LogP contribution is 2.31. The van der Waals surface area contributed by atoms with E-state index < -0.39 is 21.8 Å². The molecular weight excluding hydrogens is 309 g/mol. The number of aromatic nitrogens is 1. The van der Waals surface area contributed by atoms with Crippen LogP contribution in [0.5, 0.6) is 0 Å². The van der Waals surface area contributed by atoms with Gasteiger partial charge in [0.2, 0.25) is 10.0 Å². The molecule has 1 heterocycles. The molecule has 1 rings (SSSR count). The van der Waals surface area contributed by atoms with Crippen molar-refractivity contribution in [3.05, 3.63) is 17.7 Å². The first-order valence-electron chi connectivity index (χ1n) is 6.13. The van der Waals surface area contributed by atoms with Crippen molar-refractivity contribution in [1.29, 1.82) is 0 Å². The second kappa shape index (κ2) is 6.94. The number of nitrogens with one attached hydrogen (secondary N) is 3. The predicted octanol–water partition coefficient (Wildman–Crippen LogP) is 1.49. The van der Waals surface area contributed by atoms with E-state index in [0.717, 1.165) is 18.4 Å². The first-order valence-corrected chi connectivity index (χ1v) is 8.02. The predicted molar refractivity (Wildman–Crippen MR) is 74.7 cm³/mol. The van der Waals surface area contributed by atoms with Gasteiger partial charge in [0.05, 0.1) is 11.8 Å². The van der Waals surface area contributed by atoms with Gasteiger partial charge in [0.1, 0.15) is 11.6 Å². The van der Waals surface area contributed by atoms with Gasteiger partial charge in [-0.15, -0.1) is 0 Å². The summed E-state index contributed by atoms with van der Waals surface area (Å²) < 4.78 is 62.2. The zero-order valence-corrected chi connectivity index (χ0v) is 12.4. The molecule has 0 aliphatic heterocycles. The molecule has 0 unspecified atom stereocenters. The zero-order chi connectivity index (χ0) is 16.1. The molecule has 0 atom stereocenters. The van der Waals surface area contributed by atoms with Gasteiger partial charge in [0.25, 0.3) is 0 Å². The van der Waals surface area contributed by atoms with E-state index in [1.807, 2.05) is 0 Å². The highest BCUT2D eigenvalue weighted by atomic mass is 32.2. The van der Waals surface area contributed by atoms with E-state index in [1.165, 1.54) is 0 Å². The molecule has 0 amide bonds. The summed E-state index contributed by atoms with van der Waals surface area (Å²) in [5, 5.41) is 5.36. The molecule has 120 valence electrons. The molecule has 3 N–H and O–H groups in total. The lowest BCUT2D eigenvalue weighted by Crippen LogP contribution is -2.27. The summed E-state index contributed by atoms with van der Waals surface area (Å²) in [5.41, 5.74) is -0.827. The number of rotatable bonds is 7. The number of hydrogen-bond donors (Lipinski definition) is 3. The molecule has 0 spiro atoms. The van der Waals surface area contributed by atoms with Crippen LogP contribution in [0, 0.1) is 0 Å². The van der Waals surface area contributed by atoms with Gasteiger partial charge in [0.15, 0.2) is 0 Å². The fraction of sp³-hybridized carbons (Fsp3) is 0.545. The van der Waals surface area contributed by atoms with Crippen LogP contribution in [-0.4, -0.2) is 39.3 Å². The molecule has 0 saturated heterocycles. The van der Waals surface area contributed by atoms with E-state index in [-0.39, 0.29) is 24.7 Å². The van der Waals surface area contributed by atoms with Crippen LogP contribution in [0.4, 0.5) is 24.8 Å². The van der Waals surface area contributed by atoms with Crippen molar-refractivity contribution in [1.82, 2.24) is 9.71 Å². The number of anilines is 2. The Hall–Kier alpha value is -1.55. The molecule has 6 nitrogen and oxygen atoms in total. The lowest BCUT2D eigenvalue weighted by Gasteiger charge is -2.13. The lowest BCUT2D eigenvalue weighted by atomic mass is 10.2. The van der Waals surface area contributed by atoms with Gasteiger partial charge in [-0.2, -0.15) is 13.2 Å². The minimum atomic E-state index is -4.48. The van der Waals surface area contributed by atoms with Crippen LogP contribution in [-0.2, 0) is 16.2 Å². The molecular formula is C11H17F3N4O2S. The first-order chi connectivity index (χ1) is 9.62. The molecule has 21 heavy (non-hydrogen) atoms. The van der Waals surface area contributed by atoms with Crippen LogP contribution in [0.1, 0.15) is 12.5 Å². The van der Waals surface area contributed by atoms with Crippen LogP contribution in [0.2, 0.25) is 0 Å². The van der Waals surface area contributed by atoms with E-state index in [0.29, 0.717) is 6.54 Å². The topological polar surface area (TPSA) is 83.1 Å². The molecule has 0 aliphatic carbocycles. The Labute approximate surface area is 121 Å². The average molecular weight is 326 g/mol. The van der Waals surface area contributed by atoms with Gasteiger partial charge in [-0.25, -0.2) is 18.1 Å². The molecule has 1 aromatic heterocycles. The van der Waals surface area contributed by atoms with E-state index in [1.54, 1.807) is 6.92 Å². The number of sulfonamides is 1. The quantitative estimate of drug-likeness (QED) is 0.661. The number of alkyl halides is 3. The summed E-state index contributed by atoms with van der Waals surface area (Å²) in [5.74, 6) is 0.127. The van der Waals surface area contributed by atoms with Gasteiger partial charge in [-0.05, 0) is 19.1 Å². The second-order valence-electron chi connectivity index (χ2n) is 4.25. The lowest BCUT2D eigenvalue weighted by molar-refractivity contribution is -0.137. The summed E-state index contributed by atoms with van der Waals surface area (Å²) in [6.45, 7) is 2.34. The fourth-order valence-electron chi connectivity index (χ4n) is 1.48. The van der Waals surface area contributed by atoms with Crippen LogP contribution < -0.4 is 15.4 Å². The third kappa shape index (κ3) is 6.63. The van der Waals surface area contributed by atoms with Gasteiger partial charge >= 0.3 is 6.18 Å². The van der Waals surface area contributed by atoms with Crippen molar-refractivity contribution in [3.63, 3.8) is 0 Å². The van der Waals surface area contributed by atoms with Crippen LogP contribution in [0.15, 0.2) is 12.1 Å². The Morgan fingerprint density at radius 1 is 1.14 bits per heavy atom. The molecule has 0 bridgehead atoms. The summed E-state index contributed by atoms with van der Waals surface area (Å²) in [4.78, 5) is 3.97. The average Bonchev–Trinajstić information content (AvgIpc) is 2.33. The summed E-state index contributed by atoms with van der Waals surface area (Å²) in [6, 6.07) is 1.80. The normalized spacial score (nSPS) is 12.2. The van der Waals surface area contributed by atoms with E-state index in [4.69, 9.17) is 0 Å². The molecule has 0 saturated carbocycles. The Bertz CT molecular complexity index is 575. The van der Waals surface area contributed by atoms with Crippen molar-refractivity contribution in [3.8, 4) is 0 Å². The summed E-state index contributed by atoms with van der Waals surface area (Å²) in [7, 11) is -3.33. The fourth-order valence-corrected chi connectivity index (χ4v) is 1.96. The second-order valence-corrected chi connectivity index (χ2v) is 6.08.